The van der Waals surface area contributed by atoms with Gasteiger partial charge in [0.15, 0.2) is 0 Å². The van der Waals surface area contributed by atoms with Crippen molar-refractivity contribution in [3.8, 4) is 11.5 Å². The van der Waals surface area contributed by atoms with E-state index in [9.17, 15) is 18.3 Å². The first-order valence-corrected chi connectivity index (χ1v) is 14.1. The summed E-state index contributed by atoms with van der Waals surface area (Å²) >= 11 is 5.99. The number of sulfonamides is 1. The van der Waals surface area contributed by atoms with E-state index in [0.29, 0.717) is 40.5 Å². The van der Waals surface area contributed by atoms with Crippen LogP contribution < -0.4 is 14.8 Å². The maximum atomic E-state index is 12.3. The quantitative estimate of drug-likeness (QED) is 0.189. The predicted molar refractivity (Wildman–Crippen MR) is 163 cm³/mol. The number of aliphatic hydroxyl groups excluding tert-OH is 1. The van der Waals surface area contributed by atoms with Crippen molar-refractivity contribution in [2.24, 2.45) is 0 Å². The SMILES string of the molecule is CCS(=O)(=O)NC(=O)c1ccc2c(Oc3ccc(CCNC[C@@H](O)c4cccc(Cl)c4)cc3)ccnc2c1.Cl.Cl. The second-order valence-electron chi connectivity index (χ2n) is 8.65. The molecule has 1 amide bonds. The molecule has 0 aliphatic carbocycles. The van der Waals surface area contributed by atoms with E-state index in [2.05, 4.69) is 10.3 Å². The molecule has 0 radical (unpaired) electrons. The van der Waals surface area contributed by atoms with Gasteiger partial charge in [0, 0.05) is 28.7 Å². The molecule has 0 saturated carbocycles. The lowest BCUT2D eigenvalue weighted by Crippen LogP contribution is -2.31. The summed E-state index contributed by atoms with van der Waals surface area (Å²) < 4.78 is 31.5. The molecule has 0 unspecified atom stereocenters. The highest BCUT2D eigenvalue weighted by molar-refractivity contribution is 7.90. The van der Waals surface area contributed by atoms with Crippen molar-refractivity contribution < 1.29 is 23.1 Å². The minimum atomic E-state index is -3.66. The summed E-state index contributed by atoms with van der Waals surface area (Å²) in [5.41, 5.74) is 2.59. The zero-order valence-electron chi connectivity index (χ0n) is 21.5. The Morgan fingerprint density at radius 2 is 1.80 bits per heavy atom. The molecule has 0 fully saturated rings. The highest BCUT2D eigenvalue weighted by Crippen LogP contribution is 2.29. The average Bonchev–Trinajstić information content (AvgIpc) is 2.91. The summed E-state index contributed by atoms with van der Waals surface area (Å²) in [5, 5.41) is 14.9. The van der Waals surface area contributed by atoms with Gasteiger partial charge in [-0.25, -0.2) is 13.1 Å². The minimum Gasteiger partial charge on any atom is -0.457 e. The van der Waals surface area contributed by atoms with Crippen molar-refractivity contribution in [2.45, 2.75) is 19.4 Å². The van der Waals surface area contributed by atoms with Crippen LogP contribution in [0.25, 0.3) is 10.9 Å². The fraction of sp³-hybridized carbons (Fsp3) is 0.214. The van der Waals surface area contributed by atoms with Gasteiger partial charge in [-0.15, -0.1) is 24.8 Å². The fourth-order valence-corrected chi connectivity index (χ4v) is 4.52. The Bertz CT molecular complexity index is 1540. The lowest BCUT2D eigenvalue weighted by atomic mass is 10.1. The molecular weight excluding hydrogens is 597 g/mol. The van der Waals surface area contributed by atoms with Crippen LogP contribution in [0.2, 0.25) is 5.02 Å². The molecule has 3 aromatic carbocycles. The minimum absolute atomic E-state index is 0. The molecule has 40 heavy (non-hydrogen) atoms. The molecule has 0 spiro atoms. The molecule has 4 rings (SSSR count). The van der Waals surface area contributed by atoms with E-state index in [-0.39, 0.29) is 36.1 Å². The van der Waals surface area contributed by atoms with E-state index in [1.807, 2.05) is 41.1 Å². The first-order chi connectivity index (χ1) is 18.2. The van der Waals surface area contributed by atoms with Gasteiger partial charge in [0.1, 0.15) is 11.5 Å². The number of fused-ring (bicyclic) bond motifs is 1. The first-order valence-electron chi connectivity index (χ1n) is 12.1. The van der Waals surface area contributed by atoms with Crippen LogP contribution in [-0.4, -0.2) is 43.3 Å². The Morgan fingerprint density at radius 3 is 2.50 bits per heavy atom. The molecule has 0 aliphatic heterocycles. The standard InChI is InChI=1S/C28H28ClN3O5S.2ClH/c1-2-38(35,36)32-28(34)21-8-11-24-25(17-21)31-15-13-27(24)37-23-9-6-19(7-10-23)12-14-30-18-26(33)20-4-3-5-22(29)16-20;;/h3-11,13,15-17,26,30,33H,2,12,14,18H2,1H3,(H,32,34);2*1H/t26-;;/m1../s1. The molecule has 1 heterocycles. The molecule has 12 heteroatoms. The van der Waals surface area contributed by atoms with Crippen LogP contribution in [0.1, 0.15) is 34.5 Å². The van der Waals surface area contributed by atoms with Gasteiger partial charge in [0.2, 0.25) is 10.0 Å². The summed E-state index contributed by atoms with van der Waals surface area (Å²) in [6.07, 6.45) is 1.72. The van der Waals surface area contributed by atoms with Gasteiger partial charge in [-0.1, -0.05) is 35.9 Å². The molecule has 0 saturated heterocycles. The average molecular weight is 627 g/mol. The van der Waals surface area contributed by atoms with Crippen LogP contribution in [0.5, 0.6) is 11.5 Å². The monoisotopic (exact) mass is 625 g/mol. The number of ether oxygens (including phenoxy) is 1. The molecule has 0 aliphatic rings. The Kier molecular flexibility index (Phi) is 12.6. The number of carbonyl (C=O) groups excluding carboxylic acids is 1. The summed E-state index contributed by atoms with van der Waals surface area (Å²) in [7, 11) is -3.66. The molecular formula is C28H30Cl3N3O5S. The molecule has 1 atom stereocenters. The number of carbonyl (C=O) groups is 1. The fourth-order valence-electron chi connectivity index (χ4n) is 3.78. The second-order valence-corrected chi connectivity index (χ2v) is 11.1. The maximum Gasteiger partial charge on any atom is 0.264 e. The number of aliphatic hydroxyl groups is 1. The number of nitrogens with zero attached hydrogens (tertiary/aromatic N) is 1. The van der Waals surface area contributed by atoms with Crippen LogP contribution in [0, 0.1) is 0 Å². The zero-order chi connectivity index (χ0) is 27.1. The smallest absolute Gasteiger partial charge is 0.264 e. The summed E-state index contributed by atoms with van der Waals surface area (Å²) in [4.78, 5) is 16.6. The maximum absolute atomic E-state index is 12.3. The number of rotatable bonds is 11. The third-order valence-corrected chi connectivity index (χ3v) is 7.40. The lowest BCUT2D eigenvalue weighted by Gasteiger charge is -2.13. The van der Waals surface area contributed by atoms with Crippen molar-refractivity contribution in [1.82, 2.24) is 15.0 Å². The van der Waals surface area contributed by atoms with Gasteiger partial charge in [0.05, 0.1) is 17.4 Å². The van der Waals surface area contributed by atoms with Gasteiger partial charge >= 0.3 is 0 Å². The van der Waals surface area contributed by atoms with Crippen molar-refractivity contribution >= 4 is 63.2 Å². The summed E-state index contributed by atoms with van der Waals surface area (Å²) in [5.74, 6) is 0.310. The van der Waals surface area contributed by atoms with Gasteiger partial charge in [-0.2, -0.15) is 0 Å². The highest BCUT2D eigenvalue weighted by atomic mass is 35.5. The van der Waals surface area contributed by atoms with Crippen molar-refractivity contribution in [3.63, 3.8) is 0 Å². The van der Waals surface area contributed by atoms with Crippen LogP contribution >= 0.6 is 36.4 Å². The number of benzene rings is 3. The Hall–Kier alpha value is -2.92. The number of halogens is 3. The van der Waals surface area contributed by atoms with Crippen LogP contribution in [0.15, 0.2) is 79.0 Å². The lowest BCUT2D eigenvalue weighted by molar-refractivity contribution is 0.0981. The number of aromatic nitrogens is 1. The van der Waals surface area contributed by atoms with E-state index >= 15 is 0 Å². The number of pyridine rings is 1. The summed E-state index contributed by atoms with van der Waals surface area (Å²) in [6, 6.07) is 21.4. The van der Waals surface area contributed by atoms with E-state index in [1.165, 1.54) is 19.1 Å². The van der Waals surface area contributed by atoms with Crippen LogP contribution in [0.3, 0.4) is 0 Å². The first kappa shape index (κ1) is 33.3. The third kappa shape index (κ3) is 9.05. The predicted octanol–water partition coefficient (Wildman–Crippen LogP) is 5.47. The highest BCUT2D eigenvalue weighted by Gasteiger charge is 2.15. The molecule has 1 aromatic heterocycles. The summed E-state index contributed by atoms with van der Waals surface area (Å²) in [6.45, 7) is 2.58. The van der Waals surface area contributed by atoms with Crippen LogP contribution in [-0.2, 0) is 16.4 Å². The van der Waals surface area contributed by atoms with Gasteiger partial charge in [-0.3, -0.25) is 9.78 Å². The number of amides is 1. The van der Waals surface area contributed by atoms with E-state index < -0.39 is 22.0 Å². The Labute approximate surface area is 251 Å². The Morgan fingerprint density at radius 1 is 1.05 bits per heavy atom. The normalized spacial score (nSPS) is 11.7. The largest absolute Gasteiger partial charge is 0.457 e. The second kappa shape index (κ2) is 15.2. The van der Waals surface area contributed by atoms with Gasteiger partial charge in [0.25, 0.3) is 5.91 Å². The third-order valence-electron chi connectivity index (χ3n) is 5.91. The Balaban J connectivity index is 0.00000280. The topological polar surface area (TPSA) is 118 Å². The number of nitrogens with one attached hydrogen (secondary N) is 2. The van der Waals surface area contributed by atoms with Crippen molar-refractivity contribution in [3.05, 3.63) is 101 Å². The van der Waals surface area contributed by atoms with E-state index in [1.54, 1.807) is 30.5 Å². The van der Waals surface area contributed by atoms with E-state index in [4.69, 9.17) is 16.3 Å². The van der Waals surface area contributed by atoms with Crippen molar-refractivity contribution in [1.29, 1.82) is 0 Å². The van der Waals surface area contributed by atoms with Gasteiger partial charge < -0.3 is 15.2 Å². The van der Waals surface area contributed by atoms with Crippen LogP contribution in [0.4, 0.5) is 0 Å². The van der Waals surface area contributed by atoms with E-state index in [0.717, 1.165) is 17.5 Å². The molecule has 214 valence electrons. The molecule has 8 nitrogen and oxygen atoms in total. The number of hydrogen-bond donors (Lipinski definition) is 3. The molecule has 3 N–H and O–H groups in total. The number of hydrogen-bond acceptors (Lipinski definition) is 7. The zero-order valence-corrected chi connectivity index (χ0v) is 24.7. The van der Waals surface area contributed by atoms with Crippen molar-refractivity contribution in [2.75, 3.05) is 18.8 Å². The molecule has 4 aromatic rings. The van der Waals surface area contributed by atoms with Gasteiger partial charge in [-0.05, 0) is 79.5 Å². The molecule has 0 bridgehead atoms.